The molecule has 0 spiro atoms. The van der Waals surface area contributed by atoms with Crippen molar-refractivity contribution < 1.29 is 9.47 Å². The largest absolute Gasteiger partial charge is 0.491 e. The molecule has 118 valence electrons. The van der Waals surface area contributed by atoms with Crippen molar-refractivity contribution in [3.63, 3.8) is 0 Å². The second-order valence-corrected chi connectivity index (χ2v) is 6.46. The number of hydrogen-bond acceptors (Lipinski definition) is 3. The molecule has 3 nitrogen and oxygen atoms in total. The minimum atomic E-state index is 0.308. The van der Waals surface area contributed by atoms with Crippen molar-refractivity contribution in [1.82, 2.24) is 5.32 Å². The summed E-state index contributed by atoms with van der Waals surface area (Å²) >= 11 is 0. The monoisotopic (exact) mass is 291 g/mol. The fraction of sp³-hybridized carbons (Fsp3) is 0.667. The second kappa shape index (κ2) is 8.40. The summed E-state index contributed by atoms with van der Waals surface area (Å²) in [5.41, 5.74) is 1.29. The number of hydrogen-bond donors (Lipinski definition) is 1. The van der Waals surface area contributed by atoms with Gasteiger partial charge in [0, 0.05) is 12.6 Å². The first-order chi connectivity index (χ1) is 10.1. The van der Waals surface area contributed by atoms with Crippen molar-refractivity contribution in [3.05, 3.63) is 29.8 Å². The van der Waals surface area contributed by atoms with Crippen molar-refractivity contribution in [3.8, 4) is 5.75 Å². The van der Waals surface area contributed by atoms with E-state index in [0.717, 1.165) is 24.8 Å². The van der Waals surface area contributed by atoms with Gasteiger partial charge in [-0.15, -0.1) is 0 Å². The van der Waals surface area contributed by atoms with Crippen molar-refractivity contribution in [2.45, 2.75) is 58.7 Å². The van der Waals surface area contributed by atoms with Crippen LogP contribution in [0.5, 0.6) is 5.75 Å². The Kier molecular flexibility index (Phi) is 6.52. The molecule has 1 aliphatic carbocycles. The molecule has 1 aromatic carbocycles. The number of nitrogens with one attached hydrogen (secondary N) is 1. The van der Waals surface area contributed by atoms with Gasteiger partial charge < -0.3 is 14.8 Å². The molecule has 1 unspecified atom stereocenters. The minimum absolute atomic E-state index is 0.308. The van der Waals surface area contributed by atoms with E-state index >= 15 is 0 Å². The predicted molar refractivity (Wildman–Crippen MR) is 86.7 cm³/mol. The fourth-order valence-corrected chi connectivity index (χ4v) is 2.44. The lowest BCUT2D eigenvalue weighted by molar-refractivity contribution is 0.0331. The molecule has 0 saturated heterocycles. The van der Waals surface area contributed by atoms with Crippen LogP contribution in [0.1, 0.15) is 45.6 Å². The quantitative estimate of drug-likeness (QED) is 0.666. The molecule has 1 aliphatic rings. The molecule has 21 heavy (non-hydrogen) atoms. The van der Waals surface area contributed by atoms with E-state index in [0.29, 0.717) is 25.2 Å². The van der Waals surface area contributed by atoms with E-state index in [9.17, 15) is 0 Å². The highest BCUT2D eigenvalue weighted by Crippen LogP contribution is 2.20. The highest BCUT2D eigenvalue weighted by atomic mass is 16.5. The molecule has 0 bridgehead atoms. The third-order valence-electron chi connectivity index (χ3n) is 3.63. The average molecular weight is 291 g/mol. The maximum absolute atomic E-state index is 5.77. The highest BCUT2D eigenvalue weighted by molar-refractivity contribution is 5.28. The maximum atomic E-state index is 5.77. The van der Waals surface area contributed by atoms with Gasteiger partial charge in [0.1, 0.15) is 12.4 Å². The first-order valence-corrected chi connectivity index (χ1v) is 8.20. The molecule has 1 saturated carbocycles. The third kappa shape index (κ3) is 6.96. The van der Waals surface area contributed by atoms with Gasteiger partial charge in [-0.25, -0.2) is 0 Å². The van der Waals surface area contributed by atoms with E-state index in [1.165, 1.54) is 18.4 Å². The Hall–Kier alpha value is -1.06. The van der Waals surface area contributed by atoms with Gasteiger partial charge in [0.15, 0.2) is 0 Å². The van der Waals surface area contributed by atoms with Crippen LogP contribution in [-0.4, -0.2) is 25.4 Å². The zero-order chi connectivity index (χ0) is 15.1. The molecule has 3 heteroatoms. The van der Waals surface area contributed by atoms with E-state index in [4.69, 9.17) is 9.47 Å². The Labute approximate surface area is 129 Å². The SMILES string of the molecule is CC(C)CC(C)OCCOc1cccc(CNC2CC2)c1. The molecule has 1 atom stereocenters. The highest BCUT2D eigenvalue weighted by Gasteiger charge is 2.19. The Balaban J connectivity index is 1.64. The maximum Gasteiger partial charge on any atom is 0.119 e. The van der Waals surface area contributed by atoms with Crippen LogP contribution in [-0.2, 0) is 11.3 Å². The van der Waals surface area contributed by atoms with E-state index in [1.54, 1.807) is 0 Å². The summed E-state index contributed by atoms with van der Waals surface area (Å²) in [6.45, 7) is 8.77. The van der Waals surface area contributed by atoms with Gasteiger partial charge >= 0.3 is 0 Å². The zero-order valence-electron chi connectivity index (χ0n) is 13.6. The summed E-state index contributed by atoms with van der Waals surface area (Å²) in [4.78, 5) is 0. The van der Waals surface area contributed by atoms with Gasteiger partial charge in [0.2, 0.25) is 0 Å². The lowest BCUT2D eigenvalue weighted by Crippen LogP contribution is -2.16. The van der Waals surface area contributed by atoms with Crippen LogP contribution < -0.4 is 10.1 Å². The van der Waals surface area contributed by atoms with Crippen LogP contribution in [0, 0.1) is 5.92 Å². The summed E-state index contributed by atoms with van der Waals surface area (Å²) in [5.74, 6) is 1.61. The summed E-state index contributed by atoms with van der Waals surface area (Å²) in [6, 6.07) is 9.07. The Morgan fingerprint density at radius 2 is 2.00 bits per heavy atom. The van der Waals surface area contributed by atoms with Crippen molar-refractivity contribution in [2.24, 2.45) is 5.92 Å². The smallest absolute Gasteiger partial charge is 0.119 e. The topological polar surface area (TPSA) is 30.5 Å². The van der Waals surface area contributed by atoms with E-state index in [2.05, 4.69) is 44.3 Å². The van der Waals surface area contributed by atoms with Crippen molar-refractivity contribution >= 4 is 0 Å². The Morgan fingerprint density at radius 3 is 2.71 bits per heavy atom. The molecule has 1 aromatic rings. The van der Waals surface area contributed by atoms with Gasteiger partial charge in [-0.3, -0.25) is 0 Å². The number of ether oxygens (including phenoxy) is 2. The fourth-order valence-electron chi connectivity index (χ4n) is 2.44. The molecule has 0 heterocycles. The zero-order valence-corrected chi connectivity index (χ0v) is 13.6. The van der Waals surface area contributed by atoms with Crippen LogP contribution in [0.4, 0.5) is 0 Å². The molecule has 1 N–H and O–H groups in total. The van der Waals surface area contributed by atoms with Crippen molar-refractivity contribution in [1.29, 1.82) is 0 Å². The van der Waals surface area contributed by atoms with Gasteiger partial charge in [-0.05, 0) is 49.8 Å². The predicted octanol–water partition coefficient (Wildman–Crippen LogP) is 3.77. The molecule has 0 amide bonds. The second-order valence-electron chi connectivity index (χ2n) is 6.46. The van der Waals surface area contributed by atoms with Gasteiger partial charge in [-0.2, -0.15) is 0 Å². The lowest BCUT2D eigenvalue weighted by atomic mass is 10.1. The first kappa shape index (κ1) is 16.3. The Bertz CT molecular complexity index is 415. The van der Waals surface area contributed by atoms with E-state index < -0.39 is 0 Å². The summed E-state index contributed by atoms with van der Waals surface area (Å²) in [6.07, 6.45) is 4.05. The van der Waals surface area contributed by atoms with Crippen LogP contribution in [0.3, 0.4) is 0 Å². The standard InChI is InChI=1S/C18H29NO2/c1-14(2)11-15(3)20-9-10-21-18-6-4-5-16(12-18)13-19-17-7-8-17/h4-6,12,14-15,17,19H,7-11,13H2,1-3H3. The molecule has 1 fully saturated rings. The van der Waals surface area contributed by atoms with Gasteiger partial charge in [0.25, 0.3) is 0 Å². The molecule has 0 radical (unpaired) electrons. The molecule has 0 aliphatic heterocycles. The van der Waals surface area contributed by atoms with Gasteiger partial charge in [-0.1, -0.05) is 26.0 Å². The number of benzene rings is 1. The van der Waals surface area contributed by atoms with Crippen molar-refractivity contribution in [2.75, 3.05) is 13.2 Å². The van der Waals surface area contributed by atoms with Gasteiger partial charge in [0.05, 0.1) is 12.7 Å². The van der Waals surface area contributed by atoms with Crippen LogP contribution in [0.15, 0.2) is 24.3 Å². The summed E-state index contributed by atoms with van der Waals surface area (Å²) in [5, 5.41) is 3.52. The molecular weight excluding hydrogens is 262 g/mol. The van der Waals surface area contributed by atoms with Crippen LogP contribution in [0.2, 0.25) is 0 Å². The van der Waals surface area contributed by atoms with E-state index in [-0.39, 0.29) is 0 Å². The van der Waals surface area contributed by atoms with E-state index in [1.807, 2.05) is 6.07 Å². The lowest BCUT2D eigenvalue weighted by Gasteiger charge is -2.15. The van der Waals surface area contributed by atoms with Crippen LogP contribution in [0.25, 0.3) is 0 Å². The molecule has 2 rings (SSSR count). The average Bonchev–Trinajstić information content (AvgIpc) is 3.25. The number of rotatable bonds is 10. The molecule has 0 aromatic heterocycles. The first-order valence-electron chi connectivity index (χ1n) is 8.20. The molecular formula is C18H29NO2. The Morgan fingerprint density at radius 1 is 1.19 bits per heavy atom. The third-order valence-corrected chi connectivity index (χ3v) is 3.63. The normalized spacial score (nSPS) is 16.2. The summed E-state index contributed by atoms with van der Waals surface area (Å²) in [7, 11) is 0. The summed E-state index contributed by atoms with van der Waals surface area (Å²) < 4.78 is 11.5. The minimum Gasteiger partial charge on any atom is -0.491 e. The van der Waals surface area contributed by atoms with Crippen LogP contribution >= 0.6 is 0 Å².